The molecule has 0 fully saturated rings. The lowest BCUT2D eigenvalue weighted by molar-refractivity contribution is 1.52. The molecule has 0 saturated heterocycles. The third-order valence-corrected chi connectivity index (χ3v) is 4.21. The van der Waals surface area contributed by atoms with E-state index < -0.39 is 0 Å². The Bertz CT molecular complexity index is 220. The zero-order valence-electron chi connectivity index (χ0n) is 4.29. The van der Waals surface area contributed by atoms with Crippen LogP contribution in [0.5, 0.6) is 0 Å². The molecule has 1 aromatic carbocycles. The van der Waals surface area contributed by atoms with Crippen molar-refractivity contribution in [1.82, 2.24) is 0 Å². The van der Waals surface area contributed by atoms with E-state index in [0.29, 0.717) is 0 Å². The predicted molar refractivity (Wildman–Crippen MR) is 63.4 cm³/mol. The van der Waals surface area contributed by atoms with Gasteiger partial charge in [-0.05, 0) is 86.0 Å². The molecule has 1 rings (SSSR count). The minimum Gasteiger partial charge on any atom is -0.0443 e. The smallest absolute Gasteiger partial charge is 0.0343 e. The van der Waals surface area contributed by atoms with Gasteiger partial charge in [-0.15, -0.1) is 0 Å². The standard InChI is InChI=1S/C6H2I3/c7-4-1-2-5(8)6(9)3-4/h1,3H. The molecule has 0 spiro atoms. The van der Waals surface area contributed by atoms with Crippen LogP contribution in [-0.2, 0) is 0 Å². The number of rotatable bonds is 0. The molecule has 0 aromatic heterocycles. The largest absolute Gasteiger partial charge is 0.0443 e. The Balaban J connectivity index is 3.17. The van der Waals surface area contributed by atoms with Crippen molar-refractivity contribution in [2.24, 2.45) is 0 Å². The molecular formula is C6H2I3. The fourth-order valence-corrected chi connectivity index (χ4v) is 2.29. The van der Waals surface area contributed by atoms with Gasteiger partial charge in [0.25, 0.3) is 0 Å². The van der Waals surface area contributed by atoms with Gasteiger partial charge in [0, 0.05) is 10.7 Å². The maximum Gasteiger partial charge on any atom is 0.0343 e. The van der Waals surface area contributed by atoms with Crippen molar-refractivity contribution >= 4 is 67.8 Å². The van der Waals surface area contributed by atoms with E-state index in [1.165, 1.54) is 10.7 Å². The van der Waals surface area contributed by atoms with Gasteiger partial charge in [0.15, 0.2) is 0 Å². The van der Waals surface area contributed by atoms with Gasteiger partial charge in [0.2, 0.25) is 0 Å². The lowest BCUT2D eigenvalue weighted by Crippen LogP contribution is -1.79. The molecule has 0 atom stereocenters. The van der Waals surface area contributed by atoms with Crippen molar-refractivity contribution in [2.45, 2.75) is 0 Å². The maximum absolute atomic E-state index is 3.14. The van der Waals surface area contributed by atoms with Gasteiger partial charge in [0.05, 0.1) is 0 Å². The molecule has 0 bridgehead atoms. The third-order valence-electron chi connectivity index (χ3n) is 0.811. The van der Waals surface area contributed by atoms with Crippen molar-refractivity contribution in [3.05, 3.63) is 28.9 Å². The summed E-state index contributed by atoms with van der Waals surface area (Å²) in [5.41, 5.74) is 0. The Labute approximate surface area is 95.2 Å². The Morgan fingerprint density at radius 3 is 2.33 bits per heavy atom. The second-order valence-corrected chi connectivity index (χ2v) is 4.97. The number of hydrogen-bond donors (Lipinski definition) is 0. The van der Waals surface area contributed by atoms with E-state index in [0.717, 1.165) is 0 Å². The summed E-state index contributed by atoms with van der Waals surface area (Å²) in [7, 11) is 0. The first kappa shape index (κ1) is 8.51. The van der Waals surface area contributed by atoms with E-state index in [1.54, 1.807) is 0 Å². The molecule has 0 nitrogen and oxygen atoms in total. The molecule has 0 aliphatic rings. The zero-order valence-corrected chi connectivity index (χ0v) is 10.8. The first-order valence-corrected chi connectivity index (χ1v) is 5.46. The topological polar surface area (TPSA) is 0 Å². The van der Waals surface area contributed by atoms with Gasteiger partial charge < -0.3 is 0 Å². The molecule has 0 heterocycles. The fourth-order valence-electron chi connectivity index (χ4n) is 0.427. The lowest BCUT2D eigenvalue weighted by atomic mass is 10.4. The highest BCUT2D eigenvalue weighted by molar-refractivity contribution is 14.1. The molecule has 0 aliphatic heterocycles. The third kappa shape index (κ3) is 2.49. The Morgan fingerprint density at radius 2 is 1.89 bits per heavy atom. The highest BCUT2D eigenvalue weighted by atomic mass is 127. The maximum atomic E-state index is 3.14. The monoisotopic (exact) mass is 455 g/mol. The van der Waals surface area contributed by atoms with E-state index in [-0.39, 0.29) is 0 Å². The zero-order chi connectivity index (χ0) is 6.85. The Hall–Kier alpha value is 1.41. The molecule has 0 amide bonds. The van der Waals surface area contributed by atoms with Crippen molar-refractivity contribution in [3.63, 3.8) is 0 Å². The average Bonchev–Trinajstić information content (AvgIpc) is 1.80. The SMILES string of the molecule is Ic1c[c]c(I)c(I)c1. The number of benzene rings is 1. The van der Waals surface area contributed by atoms with Crippen LogP contribution in [0, 0.1) is 16.8 Å². The minimum atomic E-state index is 1.20. The highest BCUT2D eigenvalue weighted by Crippen LogP contribution is 2.16. The van der Waals surface area contributed by atoms with Crippen LogP contribution in [0.4, 0.5) is 0 Å². The normalized spacial score (nSPS) is 9.67. The fraction of sp³-hybridized carbons (Fsp3) is 0. The van der Waals surface area contributed by atoms with E-state index in [4.69, 9.17) is 0 Å². The molecule has 0 unspecified atom stereocenters. The molecule has 0 N–H and O–H groups in total. The van der Waals surface area contributed by atoms with Crippen molar-refractivity contribution < 1.29 is 0 Å². The molecule has 47 valence electrons. The van der Waals surface area contributed by atoms with Crippen LogP contribution in [0.3, 0.4) is 0 Å². The molecule has 9 heavy (non-hydrogen) atoms. The van der Waals surface area contributed by atoms with Crippen molar-refractivity contribution in [3.8, 4) is 0 Å². The van der Waals surface area contributed by atoms with E-state index in [2.05, 4.69) is 79.9 Å². The summed E-state index contributed by atoms with van der Waals surface area (Å²) in [6.45, 7) is 0. The van der Waals surface area contributed by atoms with Gasteiger partial charge >= 0.3 is 0 Å². The average molecular weight is 455 g/mol. The van der Waals surface area contributed by atoms with Crippen LogP contribution < -0.4 is 0 Å². The molecular weight excluding hydrogens is 453 g/mol. The van der Waals surface area contributed by atoms with E-state index in [9.17, 15) is 0 Å². The molecule has 1 radical (unpaired) electrons. The summed E-state index contributed by atoms with van der Waals surface area (Å²) >= 11 is 6.86. The van der Waals surface area contributed by atoms with Crippen LogP contribution in [0.15, 0.2) is 12.1 Å². The quantitative estimate of drug-likeness (QED) is 0.417. The van der Waals surface area contributed by atoms with Gasteiger partial charge in [-0.1, -0.05) is 0 Å². The first-order chi connectivity index (χ1) is 4.20. The van der Waals surface area contributed by atoms with Crippen LogP contribution in [0.1, 0.15) is 0 Å². The van der Waals surface area contributed by atoms with Crippen LogP contribution in [-0.4, -0.2) is 0 Å². The summed E-state index contributed by atoms with van der Waals surface area (Å²) < 4.78 is 3.73. The van der Waals surface area contributed by atoms with E-state index >= 15 is 0 Å². The van der Waals surface area contributed by atoms with Gasteiger partial charge in [-0.2, -0.15) is 0 Å². The van der Waals surface area contributed by atoms with Crippen LogP contribution >= 0.6 is 67.8 Å². The van der Waals surface area contributed by atoms with E-state index in [1.807, 2.05) is 6.07 Å². The Morgan fingerprint density at radius 1 is 1.22 bits per heavy atom. The van der Waals surface area contributed by atoms with Gasteiger partial charge in [-0.25, -0.2) is 0 Å². The summed E-state index contributed by atoms with van der Waals surface area (Å²) in [5, 5.41) is 0. The second kappa shape index (κ2) is 3.70. The van der Waals surface area contributed by atoms with Crippen LogP contribution in [0.25, 0.3) is 0 Å². The summed E-state index contributed by atoms with van der Waals surface area (Å²) in [4.78, 5) is 0. The lowest BCUT2D eigenvalue weighted by Gasteiger charge is -1.93. The first-order valence-electron chi connectivity index (χ1n) is 2.22. The molecule has 0 aliphatic carbocycles. The molecule has 0 saturated carbocycles. The summed E-state index contributed by atoms with van der Waals surface area (Å²) in [6, 6.07) is 7.27. The molecule has 3 heteroatoms. The summed E-state index contributed by atoms with van der Waals surface area (Å²) in [6.07, 6.45) is 0. The summed E-state index contributed by atoms with van der Waals surface area (Å²) in [5.74, 6) is 0. The Kier molecular flexibility index (Phi) is 3.50. The van der Waals surface area contributed by atoms with Crippen molar-refractivity contribution in [2.75, 3.05) is 0 Å². The van der Waals surface area contributed by atoms with Gasteiger partial charge in [-0.3, -0.25) is 0 Å². The highest BCUT2D eigenvalue weighted by Gasteiger charge is 1.94. The van der Waals surface area contributed by atoms with Gasteiger partial charge in [0.1, 0.15) is 0 Å². The van der Waals surface area contributed by atoms with Crippen molar-refractivity contribution in [1.29, 1.82) is 0 Å². The number of hydrogen-bond acceptors (Lipinski definition) is 0. The number of halogens is 3. The van der Waals surface area contributed by atoms with Crippen LogP contribution in [0.2, 0.25) is 0 Å². The minimum absolute atomic E-state index is 1.20. The predicted octanol–water partition coefficient (Wildman–Crippen LogP) is 3.30. The molecule has 1 aromatic rings. The second-order valence-electron chi connectivity index (χ2n) is 1.48.